The second-order valence-corrected chi connectivity index (χ2v) is 5.07. The van der Waals surface area contributed by atoms with Crippen molar-refractivity contribution in [3.8, 4) is 11.6 Å². The summed E-state index contributed by atoms with van der Waals surface area (Å²) in [6.45, 7) is 0. The molecule has 1 heterocycles. The quantitative estimate of drug-likeness (QED) is 0.428. The summed E-state index contributed by atoms with van der Waals surface area (Å²) in [7, 11) is 0. The number of halogens is 3. The molecule has 2 aromatic rings. The Bertz CT molecular complexity index is 644. The first kappa shape index (κ1) is 15.0. The Morgan fingerprint density at radius 3 is 2.55 bits per heavy atom. The van der Waals surface area contributed by atoms with Crippen molar-refractivity contribution in [2.24, 2.45) is 0 Å². The largest absolute Gasteiger partial charge is 0.436 e. The maximum atomic E-state index is 10.7. The first-order valence-corrected chi connectivity index (χ1v) is 7.22. The van der Waals surface area contributed by atoms with Crippen molar-refractivity contribution in [2.75, 3.05) is 0 Å². The highest BCUT2D eigenvalue weighted by Crippen LogP contribution is 2.39. The van der Waals surface area contributed by atoms with E-state index in [2.05, 4.69) is 20.9 Å². The highest BCUT2D eigenvalue weighted by molar-refractivity contribution is 9.08. The normalized spacial score (nSPS) is 10.3. The summed E-state index contributed by atoms with van der Waals surface area (Å²) in [4.78, 5) is 14.2. The Labute approximate surface area is 132 Å². The molecule has 104 valence electrons. The monoisotopic (exact) mass is 376 g/mol. The fourth-order valence-electron chi connectivity index (χ4n) is 1.46. The molecular formula is C12H7BrCl2N2O3. The Kier molecular flexibility index (Phi) is 4.80. The molecule has 0 bridgehead atoms. The molecule has 0 fully saturated rings. The number of alkyl halides is 1. The number of hydrogen-bond acceptors (Lipinski definition) is 4. The van der Waals surface area contributed by atoms with Crippen molar-refractivity contribution in [1.29, 1.82) is 0 Å². The molecule has 0 saturated carbocycles. The molecule has 0 saturated heterocycles. The van der Waals surface area contributed by atoms with E-state index in [1.807, 2.05) is 6.07 Å². The van der Waals surface area contributed by atoms with Crippen LogP contribution in [0.5, 0.6) is 11.6 Å². The number of non-ortho nitro benzene ring substituents is 1. The van der Waals surface area contributed by atoms with Crippen LogP contribution in [0.1, 0.15) is 5.56 Å². The molecule has 2 rings (SSSR count). The first-order valence-electron chi connectivity index (χ1n) is 5.34. The van der Waals surface area contributed by atoms with E-state index in [1.165, 1.54) is 12.1 Å². The molecule has 5 nitrogen and oxygen atoms in total. The number of nitro benzene ring substituents is 1. The van der Waals surface area contributed by atoms with Crippen molar-refractivity contribution in [3.05, 3.63) is 56.2 Å². The summed E-state index contributed by atoms with van der Waals surface area (Å²) in [5.41, 5.74) is 0.604. The van der Waals surface area contributed by atoms with Crippen LogP contribution in [0.25, 0.3) is 0 Å². The number of ether oxygens (including phenoxy) is 1. The average Bonchev–Trinajstić information content (AvgIpc) is 2.42. The van der Waals surface area contributed by atoms with E-state index in [4.69, 9.17) is 27.9 Å². The number of benzene rings is 1. The van der Waals surface area contributed by atoms with Crippen LogP contribution in [-0.2, 0) is 5.33 Å². The molecule has 0 N–H and O–H groups in total. The zero-order valence-electron chi connectivity index (χ0n) is 9.85. The van der Waals surface area contributed by atoms with Gasteiger partial charge in [0, 0.05) is 29.2 Å². The van der Waals surface area contributed by atoms with Gasteiger partial charge in [-0.1, -0.05) is 45.2 Å². The van der Waals surface area contributed by atoms with Crippen LogP contribution >= 0.6 is 39.1 Å². The van der Waals surface area contributed by atoms with Gasteiger partial charge in [-0.2, -0.15) is 0 Å². The molecule has 0 amide bonds. The van der Waals surface area contributed by atoms with Gasteiger partial charge in [-0.25, -0.2) is 4.98 Å². The second kappa shape index (κ2) is 6.39. The minimum Gasteiger partial charge on any atom is -0.436 e. The maximum Gasteiger partial charge on any atom is 0.272 e. The molecule has 1 aromatic carbocycles. The van der Waals surface area contributed by atoms with Gasteiger partial charge in [0.05, 0.1) is 15.0 Å². The summed E-state index contributed by atoms with van der Waals surface area (Å²) < 4.78 is 5.57. The molecule has 20 heavy (non-hydrogen) atoms. The van der Waals surface area contributed by atoms with Crippen LogP contribution in [0.15, 0.2) is 30.5 Å². The van der Waals surface area contributed by atoms with Gasteiger partial charge in [-0.15, -0.1) is 0 Å². The molecule has 8 heteroatoms. The van der Waals surface area contributed by atoms with Gasteiger partial charge < -0.3 is 4.74 Å². The van der Waals surface area contributed by atoms with E-state index in [1.54, 1.807) is 12.3 Å². The molecule has 0 aliphatic carbocycles. The summed E-state index contributed by atoms with van der Waals surface area (Å²) in [5, 5.41) is 11.3. The van der Waals surface area contributed by atoms with Crippen molar-refractivity contribution >= 4 is 44.8 Å². The van der Waals surface area contributed by atoms with Crippen LogP contribution in [0.3, 0.4) is 0 Å². The van der Waals surface area contributed by atoms with Crippen LogP contribution in [0.4, 0.5) is 5.69 Å². The molecule has 0 radical (unpaired) electrons. The smallest absolute Gasteiger partial charge is 0.272 e. The lowest BCUT2D eigenvalue weighted by Crippen LogP contribution is -1.95. The third-order valence-electron chi connectivity index (χ3n) is 2.39. The number of aromatic nitrogens is 1. The van der Waals surface area contributed by atoms with Gasteiger partial charge in [0.1, 0.15) is 0 Å². The molecule has 0 atom stereocenters. The predicted molar refractivity (Wildman–Crippen MR) is 80.1 cm³/mol. The maximum absolute atomic E-state index is 10.7. The molecule has 0 aliphatic rings. The molecule has 0 unspecified atom stereocenters. The van der Waals surface area contributed by atoms with Gasteiger partial charge in [0.25, 0.3) is 5.69 Å². The third kappa shape index (κ3) is 3.20. The van der Waals surface area contributed by atoms with Crippen molar-refractivity contribution in [3.63, 3.8) is 0 Å². The van der Waals surface area contributed by atoms with Crippen molar-refractivity contribution < 1.29 is 9.66 Å². The summed E-state index contributed by atoms with van der Waals surface area (Å²) in [5.74, 6) is 0.474. The highest BCUT2D eigenvalue weighted by Gasteiger charge is 2.17. The fraction of sp³-hybridized carbons (Fsp3) is 0.0833. The zero-order chi connectivity index (χ0) is 14.7. The zero-order valence-corrected chi connectivity index (χ0v) is 12.9. The van der Waals surface area contributed by atoms with Gasteiger partial charge in [0.2, 0.25) is 5.88 Å². The Morgan fingerprint density at radius 1 is 1.35 bits per heavy atom. The highest BCUT2D eigenvalue weighted by atomic mass is 79.9. The summed E-state index contributed by atoms with van der Waals surface area (Å²) in [6, 6.07) is 5.95. The van der Waals surface area contributed by atoms with Crippen LogP contribution in [-0.4, -0.2) is 9.91 Å². The lowest BCUT2D eigenvalue weighted by molar-refractivity contribution is -0.384. The van der Waals surface area contributed by atoms with Crippen LogP contribution < -0.4 is 4.74 Å². The van der Waals surface area contributed by atoms with E-state index in [0.717, 1.165) is 5.56 Å². The van der Waals surface area contributed by atoms with Gasteiger partial charge >= 0.3 is 0 Å². The minimum absolute atomic E-state index is 0.0513. The lowest BCUT2D eigenvalue weighted by Gasteiger charge is -2.10. The van der Waals surface area contributed by atoms with Crippen LogP contribution in [0.2, 0.25) is 10.0 Å². The van der Waals surface area contributed by atoms with Crippen LogP contribution in [0, 0.1) is 10.1 Å². The fourth-order valence-corrected chi connectivity index (χ4v) is 2.44. The number of nitro groups is 1. The second-order valence-electron chi connectivity index (χ2n) is 3.70. The molecular weight excluding hydrogens is 371 g/mol. The Hall–Kier alpha value is -1.37. The van der Waals surface area contributed by atoms with E-state index in [-0.39, 0.29) is 21.5 Å². The topological polar surface area (TPSA) is 65.3 Å². The van der Waals surface area contributed by atoms with Gasteiger partial charge in [-0.3, -0.25) is 10.1 Å². The number of hydrogen-bond donors (Lipinski definition) is 0. The Morgan fingerprint density at radius 2 is 2.00 bits per heavy atom. The van der Waals surface area contributed by atoms with Crippen molar-refractivity contribution in [1.82, 2.24) is 4.98 Å². The standard InChI is InChI=1S/C12H7BrCl2N2O3/c13-6-7-2-1-3-16-12(7)20-11-9(14)4-8(17(18)19)5-10(11)15/h1-5H,6H2. The predicted octanol–water partition coefficient (Wildman–Crippen LogP) is 4.98. The summed E-state index contributed by atoms with van der Waals surface area (Å²) in [6.07, 6.45) is 1.56. The van der Waals surface area contributed by atoms with Gasteiger partial charge in [0.15, 0.2) is 5.75 Å². The molecule has 0 aliphatic heterocycles. The van der Waals surface area contributed by atoms with E-state index >= 15 is 0 Å². The van der Waals surface area contributed by atoms with E-state index in [9.17, 15) is 10.1 Å². The molecule has 1 aromatic heterocycles. The van der Waals surface area contributed by atoms with E-state index < -0.39 is 4.92 Å². The lowest BCUT2D eigenvalue weighted by atomic mass is 10.3. The molecule has 0 spiro atoms. The minimum atomic E-state index is -0.577. The van der Waals surface area contributed by atoms with E-state index in [0.29, 0.717) is 11.2 Å². The van der Waals surface area contributed by atoms with Crippen molar-refractivity contribution in [2.45, 2.75) is 5.33 Å². The average molecular weight is 378 g/mol. The van der Waals surface area contributed by atoms with Gasteiger partial charge in [-0.05, 0) is 6.07 Å². The summed E-state index contributed by atoms with van der Waals surface area (Å²) >= 11 is 15.3. The Balaban J connectivity index is 2.41. The number of pyridine rings is 1. The SMILES string of the molecule is O=[N+]([O-])c1cc(Cl)c(Oc2ncccc2CBr)c(Cl)c1. The first-order chi connectivity index (χ1) is 9.52. The number of rotatable bonds is 4. The number of nitrogens with zero attached hydrogens (tertiary/aromatic N) is 2. The third-order valence-corrected chi connectivity index (χ3v) is 3.55.